The molecule has 0 bridgehead atoms. The maximum absolute atomic E-state index is 12.9. The smallest absolute Gasteiger partial charge is 0.234 e. The fourth-order valence-corrected chi connectivity index (χ4v) is 2.40. The number of carbonyl (C=O) groups excluding carboxylic acids is 1. The van der Waals surface area contributed by atoms with E-state index in [9.17, 15) is 18.7 Å². The highest BCUT2D eigenvalue weighted by molar-refractivity contribution is 5.78. The van der Waals surface area contributed by atoms with Gasteiger partial charge in [0.25, 0.3) is 0 Å². The Balaban J connectivity index is 1.82. The summed E-state index contributed by atoms with van der Waals surface area (Å²) in [5.74, 6) is -0.858. The number of nitrogens with zero attached hydrogens (tertiary/aromatic N) is 1. The molecule has 2 rings (SSSR count). The Kier molecular flexibility index (Phi) is 7.03. The largest absolute Gasteiger partial charge is 0.387 e. The van der Waals surface area contributed by atoms with Crippen LogP contribution < -0.4 is 5.32 Å². The zero-order chi connectivity index (χ0) is 18.2. The van der Waals surface area contributed by atoms with Crippen molar-refractivity contribution in [2.75, 3.05) is 19.6 Å². The van der Waals surface area contributed by atoms with Gasteiger partial charge in [0.05, 0.1) is 12.6 Å². The highest BCUT2D eigenvalue weighted by Crippen LogP contribution is 2.14. The molecule has 6 heteroatoms. The zero-order valence-electron chi connectivity index (χ0n) is 14.1. The molecule has 0 heterocycles. The predicted molar refractivity (Wildman–Crippen MR) is 91.7 cm³/mol. The van der Waals surface area contributed by atoms with Gasteiger partial charge in [-0.1, -0.05) is 31.2 Å². The van der Waals surface area contributed by atoms with Crippen molar-refractivity contribution >= 4 is 5.91 Å². The van der Waals surface area contributed by atoms with Crippen LogP contribution in [0.15, 0.2) is 48.5 Å². The first-order valence-electron chi connectivity index (χ1n) is 8.15. The molecule has 1 atom stereocenters. The first-order chi connectivity index (χ1) is 12.0. The molecule has 2 aromatic carbocycles. The highest BCUT2D eigenvalue weighted by Gasteiger charge is 2.15. The minimum absolute atomic E-state index is 0.135. The lowest BCUT2D eigenvalue weighted by atomic mass is 10.1. The molecule has 2 aromatic rings. The molecule has 0 spiro atoms. The molecule has 0 aromatic heterocycles. The number of halogens is 2. The van der Waals surface area contributed by atoms with Crippen LogP contribution in [-0.4, -0.2) is 35.5 Å². The van der Waals surface area contributed by atoms with E-state index in [1.54, 1.807) is 17.0 Å². The molecule has 0 fully saturated rings. The summed E-state index contributed by atoms with van der Waals surface area (Å²) in [5, 5.41) is 13.0. The zero-order valence-corrected chi connectivity index (χ0v) is 14.1. The molecule has 0 aliphatic rings. The van der Waals surface area contributed by atoms with Crippen LogP contribution in [0.1, 0.15) is 24.2 Å². The Morgan fingerprint density at radius 3 is 2.20 bits per heavy atom. The van der Waals surface area contributed by atoms with Crippen molar-refractivity contribution in [1.29, 1.82) is 0 Å². The number of aliphatic hydroxyl groups excluding tert-OH is 1. The maximum Gasteiger partial charge on any atom is 0.234 e. The minimum atomic E-state index is -0.801. The number of likely N-dealkylation sites (N-methyl/N-ethyl adjacent to an activating group) is 1. The van der Waals surface area contributed by atoms with Crippen molar-refractivity contribution in [2.24, 2.45) is 0 Å². The lowest BCUT2D eigenvalue weighted by Gasteiger charge is -2.23. The van der Waals surface area contributed by atoms with Gasteiger partial charge in [0, 0.05) is 13.1 Å². The Bertz CT molecular complexity index is 675. The normalized spacial score (nSPS) is 12.2. The fraction of sp³-hybridized carbons (Fsp3) is 0.316. The van der Waals surface area contributed by atoms with Crippen LogP contribution in [-0.2, 0) is 11.3 Å². The van der Waals surface area contributed by atoms with Crippen LogP contribution in [0.3, 0.4) is 0 Å². The fourth-order valence-electron chi connectivity index (χ4n) is 2.40. The number of carbonyl (C=O) groups is 1. The van der Waals surface area contributed by atoms with E-state index < -0.39 is 6.10 Å². The maximum atomic E-state index is 12.9. The van der Waals surface area contributed by atoms with Gasteiger partial charge in [-0.2, -0.15) is 0 Å². The number of aliphatic hydroxyl groups is 1. The second-order valence-corrected chi connectivity index (χ2v) is 5.80. The molecule has 1 unspecified atom stereocenters. The topological polar surface area (TPSA) is 52.6 Å². The van der Waals surface area contributed by atoms with Gasteiger partial charge in [-0.15, -0.1) is 0 Å². The van der Waals surface area contributed by atoms with Crippen molar-refractivity contribution < 1.29 is 18.7 Å². The second kappa shape index (κ2) is 9.25. The lowest BCUT2D eigenvalue weighted by Crippen LogP contribution is -2.38. The van der Waals surface area contributed by atoms with E-state index in [-0.39, 0.29) is 30.6 Å². The monoisotopic (exact) mass is 348 g/mol. The Morgan fingerprint density at radius 2 is 1.64 bits per heavy atom. The number of amides is 1. The average Bonchev–Trinajstić information content (AvgIpc) is 2.61. The summed E-state index contributed by atoms with van der Waals surface area (Å²) in [6.07, 6.45) is -0.801. The summed E-state index contributed by atoms with van der Waals surface area (Å²) in [6, 6.07) is 11.6. The summed E-state index contributed by atoms with van der Waals surface area (Å²) < 4.78 is 25.8. The highest BCUT2D eigenvalue weighted by atomic mass is 19.1. The van der Waals surface area contributed by atoms with E-state index in [1.807, 2.05) is 6.92 Å². The quantitative estimate of drug-likeness (QED) is 0.771. The number of hydrogen-bond acceptors (Lipinski definition) is 3. The van der Waals surface area contributed by atoms with E-state index in [2.05, 4.69) is 5.32 Å². The summed E-state index contributed by atoms with van der Waals surface area (Å²) in [4.78, 5) is 13.9. The molecular weight excluding hydrogens is 326 g/mol. The van der Waals surface area contributed by atoms with Crippen molar-refractivity contribution in [3.8, 4) is 0 Å². The van der Waals surface area contributed by atoms with Crippen LogP contribution in [0.2, 0.25) is 0 Å². The number of benzene rings is 2. The van der Waals surface area contributed by atoms with Gasteiger partial charge in [0.2, 0.25) is 5.91 Å². The van der Waals surface area contributed by atoms with Gasteiger partial charge in [-0.3, -0.25) is 9.69 Å². The third-order valence-corrected chi connectivity index (χ3v) is 3.90. The third kappa shape index (κ3) is 6.25. The molecule has 0 aliphatic heterocycles. The molecule has 0 saturated carbocycles. The van der Waals surface area contributed by atoms with Gasteiger partial charge >= 0.3 is 0 Å². The molecule has 0 radical (unpaired) electrons. The van der Waals surface area contributed by atoms with Crippen LogP contribution in [0.4, 0.5) is 8.78 Å². The summed E-state index contributed by atoms with van der Waals surface area (Å²) >= 11 is 0. The van der Waals surface area contributed by atoms with Gasteiger partial charge in [0.15, 0.2) is 0 Å². The first-order valence-corrected chi connectivity index (χ1v) is 8.15. The molecule has 134 valence electrons. The van der Waals surface area contributed by atoms with E-state index >= 15 is 0 Å². The van der Waals surface area contributed by atoms with Gasteiger partial charge in [0.1, 0.15) is 11.6 Å². The van der Waals surface area contributed by atoms with E-state index in [1.165, 1.54) is 36.4 Å². The van der Waals surface area contributed by atoms with E-state index in [0.717, 1.165) is 5.56 Å². The van der Waals surface area contributed by atoms with E-state index in [0.29, 0.717) is 18.7 Å². The van der Waals surface area contributed by atoms with Crippen molar-refractivity contribution in [3.05, 3.63) is 71.3 Å². The number of hydrogen-bond donors (Lipinski definition) is 2. The Hall–Kier alpha value is -2.31. The number of nitrogens with one attached hydrogen (secondary N) is 1. The molecule has 2 N–H and O–H groups in total. The lowest BCUT2D eigenvalue weighted by molar-refractivity contribution is -0.122. The van der Waals surface area contributed by atoms with Crippen LogP contribution >= 0.6 is 0 Å². The van der Waals surface area contributed by atoms with Crippen LogP contribution in [0.5, 0.6) is 0 Å². The van der Waals surface area contributed by atoms with Crippen molar-refractivity contribution in [2.45, 2.75) is 19.6 Å². The molecule has 0 saturated heterocycles. The Labute approximate surface area is 146 Å². The van der Waals surface area contributed by atoms with Gasteiger partial charge < -0.3 is 10.4 Å². The van der Waals surface area contributed by atoms with Gasteiger partial charge in [-0.25, -0.2) is 8.78 Å². The Morgan fingerprint density at radius 1 is 1.08 bits per heavy atom. The van der Waals surface area contributed by atoms with E-state index in [4.69, 9.17) is 0 Å². The van der Waals surface area contributed by atoms with Gasteiger partial charge in [-0.05, 0) is 41.9 Å². The third-order valence-electron chi connectivity index (χ3n) is 3.90. The average molecular weight is 348 g/mol. The SMILES string of the molecule is CCN(CC(=O)NCc1ccc(F)cc1)CC(O)c1ccc(F)cc1. The number of rotatable bonds is 8. The molecule has 1 amide bonds. The van der Waals surface area contributed by atoms with Crippen LogP contribution in [0, 0.1) is 11.6 Å². The minimum Gasteiger partial charge on any atom is -0.387 e. The first kappa shape index (κ1) is 19.0. The standard InChI is InChI=1S/C19H22F2N2O2/c1-2-23(12-18(24)15-5-9-17(21)10-6-15)13-19(25)22-11-14-3-7-16(20)8-4-14/h3-10,18,24H,2,11-13H2,1H3,(H,22,25). The molecule has 4 nitrogen and oxygen atoms in total. The molecule has 0 aliphatic carbocycles. The predicted octanol–water partition coefficient (Wildman–Crippen LogP) is 2.64. The molecule has 25 heavy (non-hydrogen) atoms. The summed E-state index contributed by atoms with van der Waals surface area (Å²) in [6.45, 7) is 3.20. The van der Waals surface area contributed by atoms with Crippen molar-refractivity contribution in [3.63, 3.8) is 0 Å². The van der Waals surface area contributed by atoms with Crippen LogP contribution in [0.25, 0.3) is 0 Å². The summed E-state index contributed by atoms with van der Waals surface area (Å²) in [5.41, 5.74) is 1.41. The van der Waals surface area contributed by atoms with Crippen molar-refractivity contribution in [1.82, 2.24) is 10.2 Å². The second-order valence-electron chi connectivity index (χ2n) is 5.80. The summed E-state index contributed by atoms with van der Waals surface area (Å²) in [7, 11) is 0. The molecular formula is C19H22F2N2O2.